The number of benzene rings is 1. The van der Waals surface area contributed by atoms with Gasteiger partial charge >= 0.3 is 0 Å². The van der Waals surface area contributed by atoms with Crippen LogP contribution < -0.4 is 10.6 Å². The van der Waals surface area contributed by atoms with Crippen molar-refractivity contribution >= 4 is 41.3 Å². The summed E-state index contributed by atoms with van der Waals surface area (Å²) in [7, 11) is 0. The Bertz CT molecular complexity index is 729. The van der Waals surface area contributed by atoms with Gasteiger partial charge < -0.3 is 10.6 Å². The van der Waals surface area contributed by atoms with Gasteiger partial charge in [-0.25, -0.2) is 18.8 Å². The summed E-state index contributed by atoms with van der Waals surface area (Å²) in [6.07, 6.45) is 0. The maximum atomic E-state index is 13.9. The first-order valence-corrected chi connectivity index (χ1v) is 9.12. The second-order valence-electron chi connectivity index (χ2n) is 5.89. The molecule has 0 fully saturated rings. The number of nitrogens with one attached hydrogen (secondary N) is 2. The number of nitrogens with zero attached hydrogens (tertiary/aromatic N) is 2. The van der Waals surface area contributed by atoms with E-state index in [1.165, 1.54) is 17.0 Å². The van der Waals surface area contributed by atoms with Gasteiger partial charge in [0.1, 0.15) is 16.6 Å². The van der Waals surface area contributed by atoms with Crippen LogP contribution in [0.4, 0.5) is 8.78 Å². The number of hydrogen-bond acceptors (Lipinski definition) is 3. The fraction of sp³-hybridized carbons (Fsp3) is 0.444. The van der Waals surface area contributed by atoms with E-state index in [4.69, 9.17) is 0 Å². The van der Waals surface area contributed by atoms with Gasteiger partial charge in [-0.3, -0.25) is 0 Å². The molecule has 26 heavy (non-hydrogen) atoms. The molecule has 4 nitrogen and oxygen atoms in total. The van der Waals surface area contributed by atoms with Crippen molar-refractivity contribution < 1.29 is 8.78 Å². The number of guanidine groups is 1. The van der Waals surface area contributed by atoms with Crippen molar-refractivity contribution in [2.24, 2.45) is 4.99 Å². The average molecular weight is 494 g/mol. The van der Waals surface area contributed by atoms with Gasteiger partial charge in [-0.05, 0) is 32.4 Å². The van der Waals surface area contributed by atoms with Gasteiger partial charge in [0.15, 0.2) is 5.96 Å². The molecule has 144 valence electrons. The molecule has 0 spiro atoms. The Labute approximate surface area is 174 Å². The minimum Gasteiger partial charge on any atom is -0.357 e. The van der Waals surface area contributed by atoms with Crippen molar-refractivity contribution in [1.29, 1.82) is 0 Å². The lowest BCUT2D eigenvalue weighted by Crippen LogP contribution is -2.39. The lowest BCUT2D eigenvalue weighted by atomic mass is 10.0. The number of hydrogen-bond donors (Lipinski definition) is 2. The van der Waals surface area contributed by atoms with Gasteiger partial charge in [-0.1, -0.05) is 13.0 Å². The number of thiazole rings is 1. The third-order valence-corrected chi connectivity index (χ3v) is 4.92. The lowest BCUT2D eigenvalue weighted by Gasteiger charge is -2.16. The van der Waals surface area contributed by atoms with E-state index >= 15 is 0 Å². The normalized spacial score (nSPS) is 12.5. The zero-order chi connectivity index (χ0) is 18.4. The van der Waals surface area contributed by atoms with Crippen LogP contribution >= 0.6 is 35.3 Å². The standard InChI is InChI=1S/C18H24F2N4S.HI/c1-5-21-18(23-10-17-24-12(3)13(4)25-17)22-9-11(2)15-7-6-14(19)8-16(15)20;/h6-8,11H,5,9-10H2,1-4H3,(H2,21,22,23);1H. The minimum absolute atomic E-state index is 0. The third kappa shape index (κ3) is 6.46. The number of halogens is 3. The summed E-state index contributed by atoms with van der Waals surface area (Å²) in [5.41, 5.74) is 1.52. The van der Waals surface area contributed by atoms with Crippen LogP contribution in [-0.4, -0.2) is 24.0 Å². The SMILES string of the molecule is CCNC(=NCc1nc(C)c(C)s1)NCC(C)c1ccc(F)cc1F.I. The van der Waals surface area contributed by atoms with E-state index in [1.807, 2.05) is 27.7 Å². The largest absolute Gasteiger partial charge is 0.357 e. The third-order valence-electron chi connectivity index (χ3n) is 3.86. The number of aryl methyl sites for hydroxylation is 2. The molecule has 8 heteroatoms. The molecule has 1 heterocycles. The van der Waals surface area contributed by atoms with E-state index in [9.17, 15) is 8.78 Å². The summed E-state index contributed by atoms with van der Waals surface area (Å²) in [4.78, 5) is 10.2. The van der Waals surface area contributed by atoms with E-state index in [0.717, 1.165) is 23.3 Å². The fourth-order valence-electron chi connectivity index (χ4n) is 2.36. The van der Waals surface area contributed by atoms with E-state index in [1.54, 1.807) is 11.3 Å². The highest BCUT2D eigenvalue weighted by Crippen LogP contribution is 2.19. The molecule has 0 aliphatic rings. The molecule has 0 bridgehead atoms. The molecular formula is C18H25F2IN4S. The fourth-order valence-corrected chi connectivity index (χ4v) is 3.21. The maximum Gasteiger partial charge on any atom is 0.191 e. The van der Waals surface area contributed by atoms with Crippen LogP contribution in [0.1, 0.15) is 40.9 Å². The van der Waals surface area contributed by atoms with Crippen LogP contribution in [0.15, 0.2) is 23.2 Å². The molecular weight excluding hydrogens is 469 g/mol. The van der Waals surface area contributed by atoms with E-state index < -0.39 is 11.6 Å². The summed E-state index contributed by atoms with van der Waals surface area (Å²) in [6, 6.07) is 3.68. The Balaban J connectivity index is 0.00000338. The Morgan fingerprint density at radius 3 is 2.58 bits per heavy atom. The summed E-state index contributed by atoms with van der Waals surface area (Å²) in [6.45, 7) is 9.61. The molecule has 2 N–H and O–H groups in total. The molecule has 0 radical (unpaired) electrons. The van der Waals surface area contributed by atoms with Gasteiger partial charge in [0, 0.05) is 30.0 Å². The first kappa shape index (κ1) is 22.8. The van der Waals surface area contributed by atoms with Crippen LogP contribution in [0.2, 0.25) is 0 Å². The monoisotopic (exact) mass is 494 g/mol. The topological polar surface area (TPSA) is 49.3 Å². The molecule has 1 unspecified atom stereocenters. The molecule has 1 aromatic heterocycles. The van der Waals surface area contributed by atoms with Crippen LogP contribution in [0, 0.1) is 25.5 Å². The predicted octanol–water partition coefficient (Wildman–Crippen LogP) is 4.51. The predicted molar refractivity (Wildman–Crippen MR) is 115 cm³/mol. The summed E-state index contributed by atoms with van der Waals surface area (Å²) in [5.74, 6) is -0.550. The molecule has 0 saturated heterocycles. The Kier molecular flexibility index (Phi) is 9.42. The van der Waals surface area contributed by atoms with E-state index in [0.29, 0.717) is 24.6 Å². The molecule has 0 aliphatic carbocycles. The molecule has 0 saturated carbocycles. The number of aromatic nitrogens is 1. The number of aliphatic imine (C=N–C) groups is 1. The highest BCUT2D eigenvalue weighted by Gasteiger charge is 2.12. The Morgan fingerprint density at radius 2 is 2.00 bits per heavy atom. The second kappa shape index (κ2) is 10.8. The minimum atomic E-state index is -0.564. The molecule has 1 atom stereocenters. The number of rotatable bonds is 6. The van der Waals surface area contributed by atoms with Crippen molar-refractivity contribution in [3.05, 3.63) is 51.0 Å². The highest BCUT2D eigenvalue weighted by molar-refractivity contribution is 14.0. The second-order valence-corrected chi connectivity index (χ2v) is 7.18. The summed E-state index contributed by atoms with van der Waals surface area (Å²) in [5, 5.41) is 7.34. The van der Waals surface area contributed by atoms with Crippen molar-refractivity contribution in [2.75, 3.05) is 13.1 Å². The van der Waals surface area contributed by atoms with Crippen LogP contribution in [0.5, 0.6) is 0 Å². The van der Waals surface area contributed by atoms with E-state index in [-0.39, 0.29) is 29.9 Å². The molecule has 1 aromatic carbocycles. The van der Waals surface area contributed by atoms with Crippen molar-refractivity contribution in [2.45, 2.75) is 40.2 Å². The van der Waals surface area contributed by atoms with Gasteiger partial charge in [0.25, 0.3) is 0 Å². The highest BCUT2D eigenvalue weighted by atomic mass is 127. The molecule has 2 aromatic rings. The van der Waals surface area contributed by atoms with Gasteiger partial charge in [-0.15, -0.1) is 35.3 Å². The quantitative estimate of drug-likeness (QED) is 0.353. The van der Waals surface area contributed by atoms with Gasteiger partial charge in [0.2, 0.25) is 0 Å². The zero-order valence-electron chi connectivity index (χ0n) is 15.4. The maximum absolute atomic E-state index is 13.9. The van der Waals surface area contributed by atoms with Crippen LogP contribution in [-0.2, 0) is 6.54 Å². The first-order valence-electron chi connectivity index (χ1n) is 8.30. The molecule has 0 aliphatic heterocycles. The van der Waals surface area contributed by atoms with Crippen molar-refractivity contribution in [3.63, 3.8) is 0 Å². The molecule has 2 rings (SSSR count). The van der Waals surface area contributed by atoms with Gasteiger partial charge in [0.05, 0.1) is 12.2 Å². The Hall–Kier alpha value is -1.29. The smallest absolute Gasteiger partial charge is 0.191 e. The van der Waals surface area contributed by atoms with Crippen LogP contribution in [0.25, 0.3) is 0 Å². The lowest BCUT2D eigenvalue weighted by molar-refractivity contribution is 0.556. The zero-order valence-corrected chi connectivity index (χ0v) is 18.5. The van der Waals surface area contributed by atoms with E-state index in [2.05, 4.69) is 20.6 Å². The average Bonchev–Trinajstić information content (AvgIpc) is 2.88. The van der Waals surface area contributed by atoms with Crippen molar-refractivity contribution in [1.82, 2.24) is 15.6 Å². The van der Waals surface area contributed by atoms with Gasteiger partial charge in [-0.2, -0.15) is 0 Å². The molecule has 0 amide bonds. The van der Waals surface area contributed by atoms with Crippen molar-refractivity contribution in [3.8, 4) is 0 Å². The summed E-state index contributed by atoms with van der Waals surface area (Å²) < 4.78 is 26.9. The summed E-state index contributed by atoms with van der Waals surface area (Å²) >= 11 is 1.64. The first-order chi connectivity index (χ1) is 11.9. The van der Waals surface area contributed by atoms with Crippen LogP contribution in [0.3, 0.4) is 0 Å². The Morgan fingerprint density at radius 1 is 1.27 bits per heavy atom.